The third kappa shape index (κ3) is 3.85. The van der Waals surface area contributed by atoms with Gasteiger partial charge in [-0.15, -0.1) is 0 Å². The van der Waals surface area contributed by atoms with Gasteiger partial charge >= 0.3 is 0 Å². The Morgan fingerprint density at radius 3 is 2.25 bits per heavy atom. The van der Waals surface area contributed by atoms with Gasteiger partial charge in [-0.2, -0.15) is 0 Å². The summed E-state index contributed by atoms with van der Waals surface area (Å²) in [6.07, 6.45) is 0. The van der Waals surface area contributed by atoms with Gasteiger partial charge in [0.05, 0.1) is 43.2 Å². The van der Waals surface area contributed by atoms with E-state index in [1.54, 1.807) is 26.4 Å². The zero-order valence-electron chi connectivity index (χ0n) is 17.8. The number of nitrogens with one attached hydrogen (secondary N) is 1. The molecule has 1 N–H and O–H groups in total. The van der Waals surface area contributed by atoms with Crippen molar-refractivity contribution < 1.29 is 19.1 Å². The summed E-state index contributed by atoms with van der Waals surface area (Å²) in [6, 6.07) is 19.5. The number of non-ortho nitro benzene ring substituents is 1. The lowest BCUT2D eigenvalue weighted by Gasteiger charge is -2.09. The monoisotopic (exact) mass is 431 g/mol. The molecule has 0 aliphatic carbocycles. The van der Waals surface area contributed by atoms with E-state index in [1.807, 2.05) is 42.5 Å². The van der Waals surface area contributed by atoms with Crippen molar-refractivity contribution in [2.24, 2.45) is 0 Å². The molecule has 0 aliphatic heterocycles. The van der Waals surface area contributed by atoms with Gasteiger partial charge in [-0.25, -0.2) is 4.98 Å². The number of methoxy groups -OCH3 is 3. The molecule has 3 aromatic carbocycles. The Hall–Kier alpha value is -4.33. The number of aromatic amines is 1. The molecule has 0 atom stereocenters. The van der Waals surface area contributed by atoms with E-state index in [9.17, 15) is 10.1 Å². The number of H-pyrrole nitrogens is 1. The Kier molecular flexibility index (Phi) is 5.76. The largest absolute Gasteiger partial charge is 0.497 e. The number of nitro groups is 1. The molecule has 0 radical (unpaired) electrons. The van der Waals surface area contributed by atoms with E-state index in [0.29, 0.717) is 40.0 Å². The summed E-state index contributed by atoms with van der Waals surface area (Å²) in [6.45, 7) is 0. The molecule has 0 fully saturated rings. The number of hydrogen-bond donors (Lipinski definition) is 1. The quantitative estimate of drug-likeness (QED) is 0.313. The highest BCUT2D eigenvalue weighted by molar-refractivity contribution is 5.85. The maximum absolute atomic E-state index is 11.4. The lowest BCUT2D eigenvalue weighted by atomic mass is 10.0. The van der Waals surface area contributed by atoms with E-state index in [-0.39, 0.29) is 5.69 Å². The van der Waals surface area contributed by atoms with Crippen LogP contribution in [0.25, 0.3) is 33.9 Å². The Morgan fingerprint density at radius 2 is 1.59 bits per heavy atom. The van der Waals surface area contributed by atoms with E-state index < -0.39 is 4.92 Å². The second-order valence-corrected chi connectivity index (χ2v) is 6.88. The average molecular weight is 431 g/mol. The van der Waals surface area contributed by atoms with E-state index >= 15 is 0 Å². The summed E-state index contributed by atoms with van der Waals surface area (Å²) >= 11 is 0. The molecule has 4 aromatic rings. The standard InChI is InChI=1S/C24H21N3O5/c1-30-17-10-11-18(21(14-17)32-3)24-25-22(15-7-5-4-6-8-15)23(26-24)19-13-16(27(28)29)9-12-20(19)31-2/h4-14H,1-3H3,(H,25,26). The number of aromatic nitrogens is 2. The molecule has 0 bridgehead atoms. The number of hydrogen-bond acceptors (Lipinski definition) is 6. The number of benzene rings is 3. The van der Waals surface area contributed by atoms with Crippen LogP contribution in [0, 0.1) is 10.1 Å². The molecule has 1 heterocycles. The van der Waals surface area contributed by atoms with Crippen LogP contribution in [0.15, 0.2) is 66.7 Å². The number of nitrogens with zero attached hydrogens (tertiary/aromatic N) is 2. The lowest BCUT2D eigenvalue weighted by molar-refractivity contribution is -0.384. The fourth-order valence-electron chi connectivity index (χ4n) is 3.50. The van der Waals surface area contributed by atoms with Gasteiger partial charge in [-0.1, -0.05) is 30.3 Å². The molecule has 0 saturated heterocycles. The molecule has 0 aliphatic rings. The van der Waals surface area contributed by atoms with Gasteiger partial charge in [0.25, 0.3) is 5.69 Å². The first-order chi connectivity index (χ1) is 15.5. The fraction of sp³-hybridized carbons (Fsp3) is 0.125. The zero-order chi connectivity index (χ0) is 22.7. The Morgan fingerprint density at radius 1 is 0.844 bits per heavy atom. The molecule has 0 amide bonds. The van der Waals surface area contributed by atoms with Crippen LogP contribution in [-0.2, 0) is 0 Å². The molecular weight excluding hydrogens is 410 g/mol. The summed E-state index contributed by atoms with van der Waals surface area (Å²) in [7, 11) is 4.68. The van der Waals surface area contributed by atoms with Gasteiger partial charge < -0.3 is 19.2 Å². The number of ether oxygens (including phenoxy) is 3. The molecule has 32 heavy (non-hydrogen) atoms. The van der Waals surface area contributed by atoms with Gasteiger partial charge in [-0.3, -0.25) is 10.1 Å². The van der Waals surface area contributed by atoms with Crippen LogP contribution < -0.4 is 14.2 Å². The van der Waals surface area contributed by atoms with Crippen molar-refractivity contribution in [2.75, 3.05) is 21.3 Å². The van der Waals surface area contributed by atoms with Crippen LogP contribution in [0.2, 0.25) is 0 Å². The van der Waals surface area contributed by atoms with Crippen molar-refractivity contribution in [1.29, 1.82) is 0 Å². The maximum atomic E-state index is 11.4. The molecule has 0 unspecified atom stereocenters. The van der Waals surface area contributed by atoms with E-state index in [2.05, 4.69) is 4.98 Å². The second kappa shape index (κ2) is 8.81. The van der Waals surface area contributed by atoms with E-state index in [1.165, 1.54) is 19.2 Å². The topological polar surface area (TPSA) is 99.5 Å². The van der Waals surface area contributed by atoms with Gasteiger partial charge in [0, 0.05) is 29.3 Å². The van der Waals surface area contributed by atoms with Crippen molar-refractivity contribution in [2.45, 2.75) is 0 Å². The average Bonchev–Trinajstić information content (AvgIpc) is 3.28. The highest BCUT2D eigenvalue weighted by atomic mass is 16.6. The molecule has 0 saturated carbocycles. The zero-order valence-corrected chi connectivity index (χ0v) is 17.8. The summed E-state index contributed by atoms with van der Waals surface area (Å²) < 4.78 is 16.3. The highest BCUT2D eigenvalue weighted by Gasteiger charge is 2.22. The smallest absolute Gasteiger partial charge is 0.270 e. The van der Waals surface area contributed by atoms with Gasteiger partial charge in [0.15, 0.2) is 0 Å². The number of nitro benzene ring substituents is 1. The minimum absolute atomic E-state index is 0.0435. The third-order valence-electron chi connectivity index (χ3n) is 5.08. The van der Waals surface area contributed by atoms with Crippen LogP contribution in [0.5, 0.6) is 17.2 Å². The summed E-state index contributed by atoms with van der Waals surface area (Å²) in [4.78, 5) is 19.2. The Balaban J connectivity index is 1.97. The Bertz CT molecular complexity index is 1270. The van der Waals surface area contributed by atoms with Crippen molar-refractivity contribution >= 4 is 5.69 Å². The normalized spacial score (nSPS) is 10.6. The van der Waals surface area contributed by atoms with Crippen LogP contribution >= 0.6 is 0 Å². The van der Waals surface area contributed by atoms with Crippen LogP contribution in [0.3, 0.4) is 0 Å². The van der Waals surface area contributed by atoms with Gasteiger partial charge in [-0.05, 0) is 18.2 Å². The molecule has 8 nitrogen and oxygen atoms in total. The molecule has 8 heteroatoms. The summed E-state index contributed by atoms with van der Waals surface area (Å²) in [5, 5.41) is 11.4. The van der Waals surface area contributed by atoms with Crippen molar-refractivity contribution in [3.63, 3.8) is 0 Å². The minimum atomic E-state index is -0.436. The molecule has 162 valence electrons. The molecule has 4 rings (SSSR count). The predicted molar refractivity (Wildman–Crippen MR) is 121 cm³/mol. The van der Waals surface area contributed by atoms with E-state index in [0.717, 1.165) is 11.1 Å². The minimum Gasteiger partial charge on any atom is -0.497 e. The van der Waals surface area contributed by atoms with Crippen molar-refractivity contribution in [3.8, 4) is 51.2 Å². The Labute approximate surface area is 184 Å². The third-order valence-corrected chi connectivity index (χ3v) is 5.08. The second-order valence-electron chi connectivity index (χ2n) is 6.88. The first kappa shape index (κ1) is 20.9. The highest BCUT2D eigenvalue weighted by Crippen LogP contribution is 2.41. The van der Waals surface area contributed by atoms with Crippen LogP contribution in [-0.4, -0.2) is 36.2 Å². The number of imidazole rings is 1. The summed E-state index contributed by atoms with van der Waals surface area (Å²) in [5.41, 5.74) is 3.30. The molecule has 0 spiro atoms. The first-order valence-electron chi connectivity index (χ1n) is 9.76. The lowest BCUT2D eigenvalue weighted by Crippen LogP contribution is -1.94. The van der Waals surface area contributed by atoms with Crippen molar-refractivity contribution in [3.05, 3.63) is 76.8 Å². The van der Waals surface area contributed by atoms with Crippen LogP contribution in [0.4, 0.5) is 5.69 Å². The first-order valence-corrected chi connectivity index (χ1v) is 9.76. The van der Waals surface area contributed by atoms with E-state index in [4.69, 9.17) is 19.2 Å². The van der Waals surface area contributed by atoms with Gasteiger partial charge in [0.1, 0.15) is 23.1 Å². The van der Waals surface area contributed by atoms with Gasteiger partial charge in [0.2, 0.25) is 0 Å². The summed E-state index contributed by atoms with van der Waals surface area (Å²) in [5.74, 6) is 2.27. The van der Waals surface area contributed by atoms with Crippen LogP contribution in [0.1, 0.15) is 0 Å². The maximum Gasteiger partial charge on any atom is 0.270 e. The SMILES string of the molecule is COc1ccc(-c2nc(-c3ccccc3)c(-c3cc([N+](=O)[O-])ccc3OC)[nH]2)c(OC)c1. The predicted octanol–water partition coefficient (Wildman–Crippen LogP) is 5.34. The van der Waals surface area contributed by atoms with Crippen molar-refractivity contribution in [1.82, 2.24) is 9.97 Å². The molecule has 1 aromatic heterocycles. The number of rotatable bonds is 7. The fourth-order valence-corrected chi connectivity index (χ4v) is 3.50. The molecular formula is C24H21N3O5.